The van der Waals surface area contributed by atoms with Crippen molar-refractivity contribution in [3.05, 3.63) is 24.2 Å². The van der Waals surface area contributed by atoms with E-state index in [0.717, 1.165) is 18.5 Å². The first kappa shape index (κ1) is 13.5. The van der Waals surface area contributed by atoms with Gasteiger partial charge < -0.3 is 9.73 Å². The zero-order valence-electron chi connectivity index (χ0n) is 10.8. The molecule has 0 radical (unpaired) electrons. The number of rotatable bonds is 5. The first-order valence-electron chi connectivity index (χ1n) is 6.73. The number of alkyl halides is 2. The minimum atomic E-state index is -2.44. The molecular formula is C14H21F2NO. The molecule has 1 fully saturated rings. The molecule has 1 aliphatic rings. The highest BCUT2D eigenvalue weighted by molar-refractivity contribution is 5.08. The smallest absolute Gasteiger partial charge is 0.248 e. The van der Waals surface area contributed by atoms with E-state index in [2.05, 4.69) is 12.2 Å². The Hall–Kier alpha value is -0.900. The molecule has 0 bridgehead atoms. The van der Waals surface area contributed by atoms with Crippen molar-refractivity contribution >= 4 is 0 Å². The molecule has 1 atom stereocenters. The second-order valence-corrected chi connectivity index (χ2v) is 5.19. The molecule has 1 unspecified atom stereocenters. The highest BCUT2D eigenvalue weighted by atomic mass is 19.3. The zero-order chi connectivity index (χ0) is 13.0. The van der Waals surface area contributed by atoms with E-state index in [1.807, 2.05) is 6.07 Å². The lowest BCUT2D eigenvalue weighted by molar-refractivity contribution is -0.0494. The van der Waals surface area contributed by atoms with Gasteiger partial charge in [0.1, 0.15) is 0 Å². The zero-order valence-corrected chi connectivity index (χ0v) is 10.8. The Labute approximate surface area is 107 Å². The van der Waals surface area contributed by atoms with Crippen LogP contribution in [0.25, 0.3) is 0 Å². The molecule has 1 N–H and O–H groups in total. The van der Waals surface area contributed by atoms with E-state index < -0.39 is 5.92 Å². The van der Waals surface area contributed by atoms with Crippen LogP contribution < -0.4 is 5.32 Å². The van der Waals surface area contributed by atoms with Crippen LogP contribution in [0.15, 0.2) is 23.0 Å². The molecule has 0 aromatic carbocycles. The van der Waals surface area contributed by atoms with Gasteiger partial charge in [-0.2, -0.15) is 0 Å². The molecule has 4 heteroatoms. The van der Waals surface area contributed by atoms with E-state index in [4.69, 9.17) is 4.42 Å². The van der Waals surface area contributed by atoms with E-state index >= 15 is 0 Å². The predicted octanol–water partition coefficient (Wildman–Crippen LogP) is 3.63. The van der Waals surface area contributed by atoms with Gasteiger partial charge in [0, 0.05) is 18.9 Å². The molecule has 2 nitrogen and oxygen atoms in total. The molecule has 1 aliphatic carbocycles. The quantitative estimate of drug-likeness (QED) is 0.871. The number of nitrogens with one attached hydrogen (secondary N) is 1. The first-order valence-corrected chi connectivity index (χ1v) is 6.73. The van der Waals surface area contributed by atoms with Crippen LogP contribution in [0.4, 0.5) is 8.78 Å². The number of hydrogen-bond donors (Lipinski definition) is 1. The molecule has 18 heavy (non-hydrogen) atoms. The van der Waals surface area contributed by atoms with Crippen LogP contribution in [0.3, 0.4) is 0 Å². The van der Waals surface area contributed by atoms with Gasteiger partial charge in [-0.3, -0.25) is 0 Å². The maximum Gasteiger partial charge on any atom is 0.248 e. The van der Waals surface area contributed by atoms with Crippen molar-refractivity contribution in [1.82, 2.24) is 5.32 Å². The lowest BCUT2D eigenvalue weighted by atomic mass is 9.80. The van der Waals surface area contributed by atoms with Gasteiger partial charge in [-0.05, 0) is 43.4 Å². The van der Waals surface area contributed by atoms with Gasteiger partial charge in [0.2, 0.25) is 5.92 Å². The summed E-state index contributed by atoms with van der Waals surface area (Å²) in [4.78, 5) is 0. The summed E-state index contributed by atoms with van der Waals surface area (Å²) in [5, 5.41) is 3.43. The minimum absolute atomic E-state index is 0.0327. The largest absolute Gasteiger partial charge is 0.472 e. The molecule has 102 valence electrons. The van der Waals surface area contributed by atoms with Gasteiger partial charge >= 0.3 is 0 Å². The Kier molecular flexibility index (Phi) is 4.38. The monoisotopic (exact) mass is 257 g/mol. The number of furan rings is 1. The molecule has 2 rings (SSSR count). The van der Waals surface area contributed by atoms with Crippen molar-refractivity contribution in [2.75, 3.05) is 6.54 Å². The van der Waals surface area contributed by atoms with Crippen LogP contribution >= 0.6 is 0 Å². The topological polar surface area (TPSA) is 25.2 Å². The van der Waals surface area contributed by atoms with Crippen molar-refractivity contribution in [3.8, 4) is 0 Å². The second-order valence-electron chi connectivity index (χ2n) is 5.19. The van der Waals surface area contributed by atoms with Crippen LogP contribution in [-0.4, -0.2) is 18.5 Å². The van der Waals surface area contributed by atoms with Crippen LogP contribution in [-0.2, 0) is 6.42 Å². The van der Waals surface area contributed by atoms with Gasteiger partial charge in [-0.25, -0.2) is 8.78 Å². The van der Waals surface area contributed by atoms with E-state index in [1.165, 1.54) is 0 Å². The maximum absolute atomic E-state index is 13.2. The summed E-state index contributed by atoms with van der Waals surface area (Å²) in [5.74, 6) is -2.09. The molecular weight excluding hydrogens is 236 g/mol. The summed E-state index contributed by atoms with van der Waals surface area (Å²) >= 11 is 0. The maximum atomic E-state index is 13.2. The Morgan fingerprint density at radius 3 is 2.72 bits per heavy atom. The van der Waals surface area contributed by atoms with Crippen LogP contribution in [0.2, 0.25) is 0 Å². The number of halogens is 2. The van der Waals surface area contributed by atoms with Gasteiger partial charge in [-0.1, -0.05) is 6.92 Å². The van der Waals surface area contributed by atoms with Crippen molar-refractivity contribution in [2.45, 2.75) is 51.0 Å². The van der Waals surface area contributed by atoms with E-state index in [0.29, 0.717) is 18.8 Å². The average Bonchev–Trinajstić information content (AvgIpc) is 2.81. The molecule has 0 amide bonds. The van der Waals surface area contributed by atoms with Gasteiger partial charge in [0.15, 0.2) is 0 Å². The van der Waals surface area contributed by atoms with Crippen molar-refractivity contribution in [1.29, 1.82) is 0 Å². The van der Waals surface area contributed by atoms with Crippen molar-refractivity contribution in [3.63, 3.8) is 0 Å². The SMILES string of the molecule is CCNC(Cc1ccoc1)C1CCC(F)(F)CC1. The molecule has 0 aliphatic heterocycles. The summed E-state index contributed by atoms with van der Waals surface area (Å²) in [6.45, 7) is 2.93. The van der Waals surface area contributed by atoms with Gasteiger partial charge in [-0.15, -0.1) is 0 Å². The Morgan fingerprint density at radius 1 is 1.44 bits per heavy atom. The van der Waals surface area contributed by atoms with E-state index in [-0.39, 0.29) is 18.9 Å². The number of hydrogen-bond acceptors (Lipinski definition) is 2. The summed E-state index contributed by atoms with van der Waals surface area (Å²) in [7, 11) is 0. The lowest BCUT2D eigenvalue weighted by Gasteiger charge is -2.34. The number of likely N-dealkylation sites (N-methyl/N-ethyl adjacent to an activating group) is 1. The van der Waals surface area contributed by atoms with Crippen LogP contribution in [0, 0.1) is 5.92 Å². The molecule has 0 saturated heterocycles. The normalized spacial score (nSPS) is 21.9. The standard InChI is InChI=1S/C14H21F2NO/c1-2-17-13(9-11-5-8-18-10-11)12-3-6-14(15,16)7-4-12/h5,8,10,12-13,17H,2-4,6-7,9H2,1H3. The summed E-state index contributed by atoms with van der Waals surface area (Å²) in [5.41, 5.74) is 1.14. The third kappa shape index (κ3) is 3.55. The van der Waals surface area contributed by atoms with E-state index in [1.54, 1.807) is 12.5 Å². The van der Waals surface area contributed by atoms with E-state index in [9.17, 15) is 8.78 Å². The Morgan fingerprint density at radius 2 is 2.17 bits per heavy atom. The average molecular weight is 257 g/mol. The third-order valence-electron chi connectivity index (χ3n) is 3.83. The highest BCUT2D eigenvalue weighted by Gasteiger charge is 2.37. The molecule has 1 aromatic rings. The second kappa shape index (κ2) is 5.83. The fourth-order valence-corrected chi connectivity index (χ4v) is 2.80. The van der Waals surface area contributed by atoms with Crippen molar-refractivity contribution < 1.29 is 13.2 Å². The summed E-state index contributed by atoms with van der Waals surface area (Å²) < 4.78 is 31.4. The molecule has 1 heterocycles. The molecule has 0 spiro atoms. The fourth-order valence-electron chi connectivity index (χ4n) is 2.80. The van der Waals surface area contributed by atoms with Crippen LogP contribution in [0.1, 0.15) is 38.2 Å². The Balaban J connectivity index is 1.93. The highest BCUT2D eigenvalue weighted by Crippen LogP contribution is 2.38. The Bertz CT molecular complexity index is 341. The fraction of sp³-hybridized carbons (Fsp3) is 0.714. The minimum Gasteiger partial charge on any atom is -0.472 e. The first-order chi connectivity index (χ1) is 8.61. The predicted molar refractivity (Wildman–Crippen MR) is 66.8 cm³/mol. The summed E-state index contributed by atoms with van der Waals surface area (Å²) in [6.07, 6.45) is 5.55. The lowest BCUT2D eigenvalue weighted by Crippen LogP contribution is -2.41. The summed E-state index contributed by atoms with van der Waals surface area (Å²) in [6, 6.07) is 2.23. The van der Waals surface area contributed by atoms with Gasteiger partial charge in [0.05, 0.1) is 12.5 Å². The van der Waals surface area contributed by atoms with Gasteiger partial charge in [0.25, 0.3) is 0 Å². The van der Waals surface area contributed by atoms with Crippen LogP contribution in [0.5, 0.6) is 0 Å². The third-order valence-corrected chi connectivity index (χ3v) is 3.83. The van der Waals surface area contributed by atoms with Crippen molar-refractivity contribution in [2.24, 2.45) is 5.92 Å². The molecule has 1 aromatic heterocycles. The molecule has 1 saturated carbocycles.